The van der Waals surface area contributed by atoms with E-state index in [2.05, 4.69) is 40.0 Å². The van der Waals surface area contributed by atoms with Gasteiger partial charge in [0, 0.05) is 42.7 Å². The molecule has 1 aliphatic heterocycles. The molecule has 36 heavy (non-hydrogen) atoms. The number of hydrogen-bond donors (Lipinski definition) is 3. The van der Waals surface area contributed by atoms with Gasteiger partial charge in [0.2, 0.25) is 0 Å². The molecule has 0 spiro atoms. The Morgan fingerprint density at radius 3 is 2.61 bits per heavy atom. The normalized spacial score (nSPS) is 21.2. The fourth-order valence-corrected chi connectivity index (χ4v) is 6.35. The van der Waals surface area contributed by atoms with Crippen molar-refractivity contribution in [2.75, 3.05) is 32.1 Å². The summed E-state index contributed by atoms with van der Waals surface area (Å²) in [6.07, 6.45) is -2.79. The summed E-state index contributed by atoms with van der Waals surface area (Å²) in [7, 11) is -0.154. The molecule has 190 valence electrons. The first-order valence-electron chi connectivity index (χ1n) is 11.5. The van der Waals surface area contributed by atoms with Crippen LogP contribution < -0.4 is 9.62 Å². The molecule has 1 aromatic heterocycles. The molecular weight excluding hydrogens is 498 g/mol. The van der Waals surface area contributed by atoms with Crippen LogP contribution in [0.5, 0.6) is 0 Å². The lowest BCUT2D eigenvalue weighted by Gasteiger charge is -2.31. The Morgan fingerprint density at radius 1 is 1.17 bits per heavy atom. The number of anilines is 1. The maximum Gasteiger partial charge on any atom is 0.251 e. The first kappa shape index (κ1) is 26.3. The number of aliphatic hydroxyl groups excluding tert-OH is 2. The number of benzene rings is 2. The van der Waals surface area contributed by atoms with Gasteiger partial charge >= 0.3 is 0 Å². The molecular formula is C26H29N3O5S2. The molecule has 3 aromatic rings. The number of sulfonamides is 1. The summed E-state index contributed by atoms with van der Waals surface area (Å²) >= 11 is 1.41. The first-order chi connectivity index (χ1) is 17.1. The van der Waals surface area contributed by atoms with Gasteiger partial charge in [0.1, 0.15) is 12.2 Å². The third kappa shape index (κ3) is 5.47. The van der Waals surface area contributed by atoms with Crippen LogP contribution >= 0.6 is 11.3 Å². The molecule has 1 fully saturated rings. The fraction of sp³-hybridized carbons (Fsp3) is 0.346. The van der Waals surface area contributed by atoms with Crippen LogP contribution in [-0.2, 0) is 14.8 Å². The second-order valence-electron chi connectivity index (χ2n) is 8.98. The largest absolute Gasteiger partial charge is 0.390 e. The van der Waals surface area contributed by atoms with E-state index in [0.717, 1.165) is 26.9 Å². The number of nitrogens with zero attached hydrogens (tertiary/aromatic N) is 2. The zero-order valence-corrected chi connectivity index (χ0v) is 21.9. The minimum Gasteiger partial charge on any atom is -0.390 e. The van der Waals surface area contributed by atoms with Crippen LogP contribution in [0.3, 0.4) is 0 Å². The Hall–Kier alpha value is -2.78. The third-order valence-corrected chi connectivity index (χ3v) is 9.04. The molecule has 0 unspecified atom stereocenters. The number of fused-ring (bicyclic) bond motifs is 1. The van der Waals surface area contributed by atoms with Crippen LogP contribution in [0.15, 0.2) is 53.4 Å². The number of nitriles is 1. The van der Waals surface area contributed by atoms with Crippen molar-refractivity contribution in [3.8, 4) is 16.5 Å². The maximum atomic E-state index is 12.9. The highest BCUT2D eigenvalue weighted by atomic mass is 32.2. The Labute approximate surface area is 215 Å². The van der Waals surface area contributed by atoms with Gasteiger partial charge < -0.3 is 19.8 Å². The number of allylic oxidation sites excluding steroid dienone is 2. The highest BCUT2D eigenvalue weighted by Gasteiger charge is 2.33. The predicted octanol–water partition coefficient (Wildman–Crippen LogP) is 3.32. The van der Waals surface area contributed by atoms with E-state index in [1.165, 1.54) is 11.3 Å². The van der Waals surface area contributed by atoms with Crippen molar-refractivity contribution in [2.45, 2.75) is 31.7 Å². The van der Waals surface area contributed by atoms with Crippen molar-refractivity contribution in [1.29, 1.82) is 5.26 Å². The molecule has 3 atom stereocenters. The molecule has 1 aliphatic rings. The van der Waals surface area contributed by atoms with Crippen LogP contribution in [0.4, 0.5) is 5.69 Å². The van der Waals surface area contributed by atoms with E-state index in [1.54, 1.807) is 6.92 Å². The number of aliphatic hydroxyl groups is 2. The van der Waals surface area contributed by atoms with Gasteiger partial charge in [-0.3, -0.25) is 0 Å². The summed E-state index contributed by atoms with van der Waals surface area (Å²) in [5.74, 6) is 0. The molecule has 0 radical (unpaired) electrons. The smallest absolute Gasteiger partial charge is 0.251 e. The number of ether oxygens (including phenoxy) is 1. The van der Waals surface area contributed by atoms with Gasteiger partial charge in [0.05, 0.1) is 12.2 Å². The molecule has 0 aliphatic carbocycles. The minimum atomic E-state index is -4.16. The van der Waals surface area contributed by atoms with Crippen molar-refractivity contribution < 1.29 is 23.4 Å². The van der Waals surface area contributed by atoms with Crippen molar-refractivity contribution in [2.24, 2.45) is 0 Å². The lowest BCUT2D eigenvalue weighted by atomic mass is 10.0. The maximum absolute atomic E-state index is 12.9. The summed E-state index contributed by atoms with van der Waals surface area (Å²) in [4.78, 5) is 3.28. The SMILES string of the molecule is C/C(=C(/C#N)S(=O)(=O)NC[C@H]1OCC[C@@H](O)[C@@H]1O)c1ccc(-c2ccc3cc(N(C)C)ccc3c2)s1. The van der Waals surface area contributed by atoms with Gasteiger partial charge in [-0.1, -0.05) is 18.2 Å². The molecule has 2 aromatic carbocycles. The van der Waals surface area contributed by atoms with E-state index in [9.17, 15) is 23.9 Å². The molecule has 0 amide bonds. The number of rotatable bonds is 7. The molecule has 10 heteroatoms. The summed E-state index contributed by atoms with van der Waals surface area (Å²) in [5, 5.41) is 31.7. The monoisotopic (exact) mass is 527 g/mol. The average molecular weight is 528 g/mol. The quantitative estimate of drug-likeness (QED) is 0.403. The van der Waals surface area contributed by atoms with E-state index >= 15 is 0 Å². The molecule has 1 saturated heterocycles. The summed E-state index contributed by atoms with van der Waals surface area (Å²) in [6.45, 7) is 1.57. The highest BCUT2D eigenvalue weighted by Crippen LogP contribution is 2.35. The van der Waals surface area contributed by atoms with Gasteiger partial charge in [-0.05, 0) is 65.6 Å². The second-order valence-corrected chi connectivity index (χ2v) is 11.8. The van der Waals surface area contributed by atoms with Crippen LogP contribution in [0, 0.1) is 11.3 Å². The van der Waals surface area contributed by atoms with Crippen molar-refractivity contribution >= 4 is 43.4 Å². The van der Waals surface area contributed by atoms with Crippen LogP contribution in [0.25, 0.3) is 26.8 Å². The minimum absolute atomic E-state index is 0.216. The Balaban J connectivity index is 1.56. The molecule has 0 saturated carbocycles. The molecule has 8 nitrogen and oxygen atoms in total. The zero-order valence-electron chi connectivity index (χ0n) is 20.3. The van der Waals surface area contributed by atoms with Crippen molar-refractivity contribution in [3.63, 3.8) is 0 Å². The fourth-order valence-electron chi connectivity index (χ4n) is 4.12. The molecule has 3 N–H and O–H groups in total. The summed E-state index contributed by atoms with van der Waals surface area (Å²) in [6, 6.07) is 18.0. The van der Waals surface area contributed by atoms with Gasteiger partial charge in [0.15, 0.2) is 4.91 Å². The lowest BCUT2D eigenvalue weighted by molar-refractivity contribution is -0.131. The molecule has 2 heterocycles. The van der Waals surface area contributed by atoms with Gasteiger partial charge in [-0.25, -0.2) is 13.1 Å². The first-order valence-corrected chi connectivity index (χ1v) is 13.8. The van der Waals surface area contributed by atoms with Gasteiger partial charge in [0.25, 0.3) is 10.0 Å². The predicted molar refractivity (Wildman–Crippen MR) is 143 cm³/mol. The van der Waals surface area contributed by atoms with E-state index in [4.69, 9.17) is 4.74 Å². The highest BCUT2D eigenvalue weighted by molar-refractivity contribution is 7.93. The Bertz CT molecular complexity index is 1440. The standard InChI is InChI=1S/C26H29N3O5S2/c1-16(25(14-27)36(32,33)28-15-22-26(31)21(30)10-11-34-22)23-8-9-24(35-23)19-5-4-18-13-20(29(2)3)7-6-17(18)12-19/h4-9,12-13,21-22,26,28,30-31H,10-11,15H2,1-3H3/b25-16+/t21-,22-,26+/m1/s1. The van der Waals surface area contributed by atoms with Crippen LogP contribution in [0.1, 0.15) is 18.2 Å². The average Bonchev–Trinajstić information content (AvgIpc) is 3.35. The topological polar surface area (TPSA) is 123 Å². The molecule has 0 bridgehead atoms. The summed E-state index contributed by atoms with van der Waals surface area (Å²) in [5.41, 5.74) is 2.46. The number of nitrogens with one attached hydrogen (secondary N) is 1. The number of thiophene rings is 1. The zero-order chi connectivity index (χ0) is 26.0. The Kier molecular flexibility index (Phi) is 7.80. The van der Waals surface area contributed by atoms with Gasteiger partial charge in [-0.15, -0.1) is 11.3 Å². The van der Waals surface area contributed by atoms with Crippen molar-refractivity contribution in [3.05, 3.63) is 58.3 Å². The van der Waals surface area contributed by atoms with E-state index in [1.807, 2.05) is 38.4 Å². The van der Waals surface area contributed by atoms with Crippen LogP contribution in [0.2, 0.25) is 0 Å². The second kappa shape index (κ2) is 10.7. The molecule has 4 rings (SSSR count). The number of hydrogen-bond acceptors (Lipinski definition) is 8. The van der Waals surface area contributed by atoms with E-state index in [0.29, 0.717) is 10.5 Å². The van der Waals surface area contributed by atoms with Crippen LogP contribution in [-0.4, -0.2) is 64.2 Å². The third-order valence-electron chi connectivity index (χ3n) is 6.31. The summed E-state index contributed by atoms with van der Waals surface area (Å²) < 4.78 is 33.6. The Morgan fingerprint density at radius 2 is 1.89 bits per heavy atom. The van der Waals surface area contributed by atoms with E-state index < -0.39 is 33.2 Å². The van der Waals surface area contributed by atoms with E-state index in [-0.39, 0.29) is 19.6 Å². The lowest BCUT2D eigenvalue weighted by Crippen LogP contribution is -2.49. The van der Waals surface area contributed by atoms with Crippen molar-refractivity contribution in [1.82, 2.24) is 4.72 Å². The van der Waals surface area contributed by atoms with Gasteiger partial charge in [-0.2, -0.15) is 5.26 Å².